The van der Waals surface area contributed by atoms with Crippen LogP contribution in [0, 0.1) is 6.92 Å². The molecule has 1 atom stereocenters. The van der Waals surface area contributed by atoms with Gasteiger partial charge in [-0.2, -0.15) is 0 Å². The summed E-state index contributed by atoms with van der Waals surface area (Å²) in [7, 11) is 0. The minimum atomic E-state index is -0.966. The van der Waals surface area contributed by atoms with Crippen molar-refractivity contribution in [2.24, 2.45) is 0 Å². The Hall–Kier alpha value is -2.34. The maximum atomic E-state index is 11.9. The third-order valence-corrected chi connectivity index (χ3v) is 5.00. The summed E-state index contributed by atoms with van der Waals surface area (Å²) in [5.41, 5.74) is 2.14. The van der Waals surface area contributed by atoms with Gasteiger partial charge in [0.15, 0.2) is 0 Å². The second-order valence-electron chi connectivity index (χ2n) is 8.29. The Balaban J connectivity index is 2.13. The van der Waals surface area contributed by atoms with E-state index < -0.39 is 11.8 Å². The molecule has 1 saturated heterocycles. The second kappa shape index (κ2) is 6.13. The molecule has 0 radical (unpaired) electrons. The molecule has 6 heteroatoms. The van der Waals surface area contributed by atoms with Crippen LogP contribution in [0.4, 0.5) is 4.79 Å². The molecule has 0 aliphatic carbocycles. The summed E-state index contributed by atoms with van der Waals surface area (Å²) in [6.45, 7) is 12.3. The molecule has 26 heavy (non-hydrogen) atoms. The summed E-state index contributed by atoms with van der Waals surface area (Å²) >= 11 is 0. The first-order chi connectivity index (χ1) is 12.0. The van der Waals surface area contributed by atoms with Crippen molar-refractivity contribution in [1.29, 1.82) is 0 Å². The van der Waals surface area contributed by atoms with Crippen molar-refractivity contribution in [2.45, 2.75) is 58.7 Å². The van der Waals surface area contributed by atoms with Crippen LogP contribution in [0.3, 0.4) is 0 Å². The molecule has 0 bridgehead atoms. The van der Waals surface area contributed by atoms with Crippen LogP contribution in [0.5, 0.6) is 0 Å². The van der Waals surface area contributed by atoms with E-state index in [4.69, 9.17) is 4.74 Å². The van der Waals surface area contributed by atoms with Crippen LogP contribution in [-0.2, 0) is 10.2 Å². The van der Waals surface area contributed by atoms with Crippen LogP contribution in [-0.4, -0.2) is 38.0 Å². The summed E-state index contributed by atoms with van der Waals surface area (Å²) in [4.78, 5) is 17.6. The molecular weight excluding hydrogens is 330 g/mol. The Morgan fingerprint density at radius 2 is 2.04 bits per heavy atom. The number of aryl methyl sites for hydroxylation is 1. The van der Waals surface area contributed by atoms with Crippen LogP contribution in [0.2, 0.25) is 0 Å². The molecule has 0 saturated carbocycles. The van der Waals surface area contributed by atoms with Crippen LogP contribution in [0.15, 0.2) is 30.6 Å². The van der Waals surface area contributed by atoms with Gasteiger partial charge in [-0.25, -0.2) is 9.78 Å². The zero-order valence-electron chi connectivity index (χ0n) is 16.3. The molecule has 0 unspecified atom stereocenters. The normalized spacial score (nSPS) is 19.8. The Bertz CT molecular complexity index is 833. The Morgan fingerprint density at radius 1 is 1.35 bits per heavy atom. The van der Waals surface area contributed by atoms with Crippen LogP contribution in [0.25, 0.3) is 5.69 Å². The summed E-state index contributed by atoms with van der Waals surface area (Å²) < 4.78 is 7.83. The van der Waals surface area contributed by atoms with Crippen molar-refractivity contribution in [3.63, 3.8) is 0 Å². The van der Waals surface area contributed by atoms with E-state index in [9.17, 15) is 9.90 Å². The van der Waals surface area contributed by atoms with E-state index in [1.807, 2.05) is 29.8 Å². The number of hydrogen-bond acceptors (Lipinski definition) is 3. The predicted molar refractivity (Wildman–Crippen MR) is 99.6 cm³/mol. The smallest absolute Gasteiger partial charge is 0.410 e. The average Bonchev–Trinajstić information content (AvgIpc) is 3.08. The highest BCUT2D eigenvalue weighted by Gasteiger charge is 2.45. The van der Waals surface area contributed by atoms with Gasteiger partial charge in [-0.15, -0.1) is 0 Å². The highest BCUT2D eigenvalue weighted by molar-refractivity contribution is 5.67. The highest BCUT2D eigenvalue weighted by atomic mass is 16.5. The zero-order chi connectivity index (χ0) is 19.3. The molecular formula is C20H27N3O3. The molecule has 2 aromatic rings. The number of ether oxygens (including phenoxy) is 1. The first kappa shape index (κ1) is 18.5. The maximum Gasteiger partial charge on any atom is 0.410 e. The fraction of sp³-hybridized carbons (Fsp3) is 0.500. The number of imidazole rings is 1. The largest absolute Gasteiger partial charge is 0.465 e. The Labute approximate surface area is 154 Å². The second-order valence-corrected chi connectivity index (χ2v) is 8.29. The summed E-state index contributed by atoms with van der Waals surface area (Å²) in [6.07, 6.45) is 2.74. The lowest BCUT2D eigenvalue weighted by Crippen LogP contribution is -2.44. The van der Waals surface area contributed by atoms with E-state index >= 15 is 0 Å². The third-order valence-electron chi connectivity index (χ3n) is 5.00. The molecule has 6 nitrogen and oxygen atoms in total. The number of nitrogens with zero attached hydrogens (tertiary/aromatic N) is 3. The van der Waals surface area contributed by atoms with Gasteiger partial charge < -0.3 is 14.4 Å². The molecule has 1 aliphatic rings. The topological polar surface area (TPSA) is 67.6 Å². The van der Waals surface area contributed by atoms with Crippen LogP contribution >= 0.6 is 0 Å². The van der Waals surface area contributed by atoms with Gasteiger partial charge in [0.2, 0.25) is 0 Å². The lowest BCUT2D eigenvalue weighted by atomic mass is 9.81. The minimum absolute atomic E-state index is 0.142. The van der Waals surface area contributed by atoms with E-state index in [1.54, 1.807) is 20.0 Å². The van der Waals surface area contributed by atoms with E-state index in [0.717, 1.165) is 22.6 Å². The number of aromatic nitrogens is 2. The van der Waals surface area contributed by atoms with Crippen molar-refractivity contribution < 1.29 is 14.6 Å². The lowest BCUT2D eigenvalue weighted by Gasteiger charge is -2.33. The number of benzene rings is 1. The summed E-state index contributed by atoms with van der Waals surface area (Å²) in [5.74, 6) is 0.912. The van der Waals surface area contributed by atoms with Crippen molar-refractivity contribution >= 4 is 6.09 Å². The Kier molecular flexibility index (Phi) is 4.35. The molecule has 0 spiro atoms. The summed E-state index contributed by atoms with van der Waals surface area (Å²) in [5, 5.41) is 9.75. The molecule has 1 aromatic carbocycles. The molecule has 1 fully saturated rings. The van der Waals surface area contributed by atoms with Gasteiger partial charge in [-0.3, -0.25) is 4.90 Å². The fourth-order valence-corrected chi connectivity index (χ4v) is 3.68. The number of carboxylic acid groups (broad SMARTS) is 1. The molecule has 3 rings (SSSR count). The number of rotatable bonds is 2. The predicted octanol–water partition coefficient (Wildman–Crippen LogP) is 4.27. The fourth-order valence-electron chi connectivity index (χ4n) is 3.68. The first-order valence-electron chi connectivity index (χ1n) is 8.83. The molecule has 1 amide bonds. The number of amides is 1. The minimum Gasteiger partial charge on any atom is -0.465 e. The maximum absolute atomic E-state index is 11.9. The first-order valence-corrected chi connectivity index (χ1v) is 8.83. The monoisotopic (exact) mass is 357 g/mol. The Morgan fingerprint density at radius 3 is 2.58 bits per heavy atom. The van der Waals surface area contributed by atoms with Crippen LogP contribution < -0.4 is 0 Å². The van der Waals surface area contributed by atoms with Gasteiger partial charge in [-0.05, 0) is 49.4 Å². The quantitative estimate of drug-likeness (QED) is 0.872. The molecule has 1 aliphatic heterocycles. The van der Waals surface area contributed by atoms with Crippen LogP contribution in [0.1, 0.15) is 57.6 Å². The number of hydrogen-bond donors (Lipinski definition) is 1. The van der Waals surface area contributed by atoms with E-state index in [-0.39, 0.29) is 11.5 Å². The van der Waals surface area contributed by atoms with Gasteiger partial charge in [0.1, 0.15) is 11.5 Å². The van der Waals surface area contributed by atoms with Crippen molar-refractivity contribution in [1.82, 2.24) is 14.5 Å². The summed E-state index contributed by atoms with van der Waals surface area (Å²) in [6, 6.07) is 5.86. The molecule has 1 aromatic heterocycles. The average molecular weight is 357 g/mol. The van der Waals surface area contributed by atoms with E-state index in [2.05, 4.69) is 31.8 Å². The molecule has 2 heterocycles. The zero-order valence-corrected chi connectivity index (χ0v) is 16.3. The van der Waals surface area contributed by atoms with Gasteiger partial charge in [-0.1, -0.05) is 26.8 Å². The number of carbonyl (C=O) groups is 1. The molecule has 140 valence electrons. The van der Waals surface area contributed by atoms with Crippen molar-refractivity contribution in [2.75, 3.05) is 6.61 Å². The molecule has 1 N–H and O–H groups in total. The van der Waals surface area contributed by atoms with Gasteiger partial charge in [0.25, 0.3) is 0 Å². The lowest BCUT2D eigenvalue weighted by molar-refractivity contribution is -0.0421. The van der Waals surface area contributed by atoms with Gasteiger partial charge in [0, 0.05) is 18.1 Å². The van der Waals surface area contributed by atoms with Gasteiger partial charge >= 0.3 is 6.09 Å². The van der Waals surface area contributed by atoms with Gasteiger partial charge in [0.05, 0.1) is 12.6 Å². The van der Waals surface area contributed by atoms with Crippen molar-refractivity contribution in [3.05, 3.63) is 47.5 Å². The third kappa shape index (κ3) is 3.09. The SMILES string of the molecule is Cc1nccn1-c1ccc([C@@H]2COC(C)(C)N2C(=O)O)c(C(C)(C)C)c1. The van der Waals surface area contributed by atoms with Crippen molar-refractivity contribution in [3.8, 4) is 5.69 Å². The van der Waals surface area contributed by atoms with E-state index in [0.29, 0.717) is 6.61 Å². The standard InChI is InChI=1S/C20H27N3O3/c1-13-21-9-10-22(13)14-7-8-15(16(11-14)19(2,3)4)17-12-26-20(5,6)23(17)18(24)25/h7-11,17H,12H2,1-6H3,(H,24,25)/t17-/m0/s1. The van der Waals surface area contributed by atoms with E-state index in [1.165, 1.54) is 4.90 Å². The highest BCUT2D eigenvalue weighted by Crippen LogP contribution is 2.41.